The molecule has 1 aliphatic heterocycles. The minimum atomic E-state index is -0.782. The minimum Gasteiger partial charge on any atom is -0.455 e. The fraction of sp³-hybridized carbons (Fsp3) is 0.583. The van der Waals surface area contributed by atoms with Crippen LogP contribution in [-0.2, 0) is 14.3 Å². The summed E-state index contributed by atoms with van der Waals surface area (Å²) >= 11 is 0. The number of carbonyl (C=O) groups is 4. The first-order valence-corrected chi connectivity index (χ1v) is 11.1. The topological polar surface area (TPSA) is 80.8 Å². The Bertz CT molecular complexity index is 865. The highest BCUT2D eigenvalue weighted by molar-refractivity contribution is 6.21. The van der Waals surface area contributed by atoms with E-state index in [1.807, 2.05) is 0 Å². The maximum Gasteiger partial charge on any atom is 0.308 e. The summed E-state index contributed by atoms with van der Waals surface area (Å²) in [6, 6.07) is 6.64. The number of esters is 1. The molecule has 0 aromatic heterocycles. The van der Waals surface area contributed by atoms with Gasteiger partial charge in [0.2, 0.25) is 0 Å². The molecule has 158 valence electrons. The Morgan fingerprint density at radius 1 is 1.00 bits per heavy atom. The number of carbonyl (C=O) groups excluding carboxylic acids is 4. The second-order valence-electron chi connectivity index (χ2n) is 9.75. The molecule has 4 bridgehead atoms. The van der Waals surface area contributed by atoms with E-state index in [1.165, 1.54) is 19.3 Å². The number of amides is 2. The van der Waals surface area contributed by atoms with Crippen molar-refractivity contribution in [1.29, 1.82) is 0 Å². The van der Waals surface area contributed by atoms with Gasteiger partial charge >= 0.3 is 5.97 Å². The van der Waals surface area contributed by atoms with Crippen LogP contribution in [0.5, 0.6) is 0 Å². The van der Waals surface area contributed by atoms with E-state index in [0.717, 1.165) is 24.2 Å². The summed E-state index contributed by atoms with van der Waals surface area (Å²) in [6.45, 7) is 1.63. The van der Waals surface area contributed by atoms with E-state index in [2.05, 4.69) is 0 Å². The molecule has 5 aliphatic rings. The van der Waals surface area contributed by atoms with Crippen molar-refractivity contribution in [2.24, 2.45) is 23.2 Å². The van der Waals surface area contributed by atoms with Gasteiger partial charge in [0.05, 0.1) is 17.5 Å². The lowest BCUT2D eigenvalue weighted by Crippen LogP contribution is -2.52. The number of Topliss-reactive ketones (excluding diaryl/α,β-unsaturated/α-hetero) is 1. The first-order chi connectivity index (χ1) is 14.4. The second-order valence-corrected chi connectivity index (χ2v) is 9.75. The number of benzene rings is 1. The number of rotatable bonds is 6. The van der Waals surface area contributed by atoms with E-state index in [1.54, 1.807) is 31.2 Å². The molecular weight excluding hydrogens is 382 g/mol. The standard InChI is InChI=1S/C24H27NO5/c1-14(21(27)24-11-15-8-16(12-24)10-17(9-15)13-24)30-20(26)6-7-25-22(28)18-4-2-3-5-19(18)23(25)29/h2-5,14-17H,6-13H2,1H3. The van der Waals surface area contributed by atoms with Gasteiger partial charge in [0.1, 0.15) is 0 Å². The lowest BCUT2D eigenvalue weighted by molar-refractivity contribution is -0.165. The molecule has 0 saturated heterocycles. The number of ether oxygens (including phenoxy) is 1. The summed E-state index contributed by atoms with van der Waals surface area (Å²) in [5.74, 6) is 0.695. The van der Waals surface area contributed by atoms with Gasteiger partial charge in [-0.1, -0.05) is 12.1 Å². The quantitative estimate of drug-likeness (QED) is 0.531. The van der Waals surface area contributed by atoms with Gasteiger partial charge in [0.15, 0.2) is 11.9 Å². The predicted octanol–water partition coefficient (Wildman–Crippen LogP) is 3.39. The first kappa shape index (κ1) is 19.5. The molecule has 1 unspecified atom stereocenters. The molecule has 1 heterocycles. The van der Waals surface area contributed by atoms with Crippen molar-refractivity contribution >= 4 is 23.6 Å². The van der Waals surface area contributed by atoms with Gasteiger partial charge in [-0.3, -0.25) is 24.1 Å². The van der Waals surface area contributed by atoms with Crippen molar-refractivity contribution in [1.82, 2.24) is 4.90 Å². The van der Waals surface area contributed by atoms with Crippen LogP contribution in [0.2, 0.25) is 0 Å². The Morgan fingerprint density at radius 3 is 2.00 bits per heavy atom. The molecule has 30 heavy (non-hydrogen) atoms. The summed E-state index contributed by atoms with van der Waals surface area (Å²) < 4.78 is 5.47. The maximum absolute atomic E-state index is 13.2. The average Bonchev–Trinajstić information content (AvgIpc) is 2.95. The Kier molecular flexibility index (Phi) is 4.56. The van der Waals surface area contributed by atoms with E-state index in [0.29, 0.717) is 28.9 Å². The summed E-state index contributed by atoms with van der Waals surface area (Å²) in [6.07, 6.45) is 5.68. The van der Waals surface area contributed by atoms with E-state index < -0.39 is 12.1 Å². The number of nitrogens with zero attached hydrogens (tertiary/aromatic N) is 1. The maximum atomic E-state index is 13.2. The highest BCUT2D eigenvalue weighted by Crippen LogP contribution is 2.60. The molecule has 6 heteroatoms. The first-order valence-electron chi connectivity index (χ1n) is 11.1. The lowest BCUT2D eigenvalue weighted by Gasteiger charge is -2.56. The number of imide groups is 1. The van der Waals surface area contributed by atoms with Gasteiger partial charge < -0.3 is 4.74 Å². The van der Waals surface area contributed by atoms with Crippen LogP contribution in [0.3, 0.4) is 0 Å². The SMILES string of the molecule is CC(OC(=O)CCN1C(=O)c2ccccc2C1=O)C(=O)C12CC3CC(CC(C3)C1)C2. The van der Waals surface area contributed by atoms with Crippen LogP contribution < -0.4 is 0 Å². The lowest BCUT2D eigenvalue weighted by atomic mass is 9.48. The third-order valence-electron chi connectivity index (χ3n) is 7.66. The van der Waals surface area contributed by atoms with Crippen molar-refractivity contribution in [3.8, 4) is 0 Å². The van der Waals surface area contributed by atoms with Crippen LogP contribution in [0.25, 0.3) is 0 Å². The number of hydrogen-bond donors (Lipinski definition) is 0. The zero-order valence-electron chi connectivity index (χ0n) is 17.3. The number of hydrogen-bond acceptors (Lipinski definition) is 5. The van der Waals surface area contributed by atoms with Crippen molar-refractivity contribution in [2.45, 2.75) is 58.0 Å². The molecule has 1 aromatic rings. The minimum absolute atomic E-state index is 0.0382. The monoisotopic (exact) mass is 409 g/mol. The fourth-order valence-corrected chi connectivity index (χ4v) is 6.80. The van der Waals surface area contributed by atoms with Gasteiger partial charge in [0, 0.05) is 12.0 Å². The third kappa shape index (κ3) is 3.08. The van der Waals surface area contributed by atoms with Crippen LogP contribution in [0.1, 0.15) is 72.6 Å². The van der Waals surface area contributed by atoms with Gasteiger partial charge in [-0.25, -0.2) is 0 Å². The van der Waals surface area contributed by atoms with Gasteiger partial charge in [-0.05, 0) is 75.3 Å². The Labute approximate surface area is 175 Å². The fourth-order valence-electron chi connectivity index (χ4n) is 6.80. The number of fused-ring (bicyclic) bond motifs is 1. The van der Waals surface area contributed by atoms with E-state index in [-0.39, 0.29) is 36.0 Å². The Balaban J connectivity index is 1.18. The summed E-state index contributed by atoms with van der Waals surface area (Å²) in [5, 5.41) is 0. The van der Waals surface area contributed by atoms with Crippen LogP contribution in [-0.4, -0.2) is 41.1 Å². The zero-order chi connectivity index (χ0) is 21.0. The van der Waals surface area contributed by atoms with Crippen molar-refractivity contribution in [2.75, 3.05) is 6.54 Å². The van der Waals surface area contributed by atoms with Crippen molar-refractivity contribution in [3.05, 3.63) is 35.4 Å². The number of ketones is 1. The molecule has 1 aromatic carbocycles. The molecule has 4 fully saturated rings. The zero-order valence-corrected chi connectivity index (χ0v) is 17.3. The highest BCUT2D eigenvalue weighted by Gasteiger charge is 2.55. The summed E-state index contributed by atoms with van der Waals surface area (Å²) in [4.78, 5) is 51.6. The molecule has 0 N–H and O–H groups in total. The molecule has 2 amide bonds. The molecule has 6 nitrogen and oxygen atoms in total. The Morgan fingerprint density at radius 2 is 1.50 bits per heavy atom. The molecule has 6 rings (SSSR count). The van der Waals surface area contributed by atoms with E-state index in [4.69, 9.17) is 4.74 Å². The molecule has 4 aliphatic carbocycles. The normalized spacial score (nSPS) is 32.3. The van der Waals surface area contributed by atoms with Crippen LogP contribution in [0.4, 0.5) is 0 Å². The average molecular weight is 409 g/mol. The van der Waals surface area contributed by atoms with E-state index >= 15 is 0 Å². The van der Waals surface area contributed by atoms with Gasteiger partial charge in [-0.2, -0.15) is 0 Å². The van der Waals surface area contributed by atoms with E-state index in [9.17, 15) is 19.2 Å². The smallest absolute Gasteiger partial charge is 0.308 e. The second kappa shape index (κ2) is 7.03. The van der Waals surface area contributed by atoms with Crippen molar-refractivity contribution < 1.29 is 23.9 Å². The molecular formula is C24H27NO5. The van der Waals surface area contributed by atoms with Gasteiger partial charge in [0.25, 0.3) is 11.8 Å². The molecule has 0 spiro atoms. The summed E-state index contributed by atoms with van der Waals surface area (Å²) in [5.41, 5.74) is 0.416. The highest BCUT2D eigenvalue weighted by atomic mass is 16.5. The predicted molar refractivity (Wildman–Crippen MR) is 108 cm³/mol. The van der Waals surface area contributed by atoms with Crippen LogP contribution >= 0.6 is 0 Å². The molecule has 1 atom stereocenters. The Hall–Kier alpha value is -2.50. The summed E-state index contributed by atoms with van der Waals surface area (Å²) in [7, 11) is 0. The van der Waals surface area contributed by atoms with Crippen LogP contribution in [0.15, 0.2) is 24.3 Å². The molecule has 0 radical (unpaired) electrons. The largest absolute Gasteiger partial charge is 0.455 e. The van der Waals surface area contributed by atoms with Crippen LogP contribution in [0, 0.1) is 23.2 Å². The van der Waals surface area contributed by atoms with Crippen molar-refractivity contribution in [3.63, 3.8) is 0 Å². The van der Waals surface area contributed by atoms with Gasteiger partial charge in [-0.15, -0.1) is 0 Å². The third-order valence-corrected chi connectivity index (χ3v) is 7.66. The molecule has 4 saturated carbocycles.